The topological polar surface area (TPSA) is 86.8 Å². The van der Waals surface area contributed by atoms with Crippen molar-refractivity contribution in [2.45, 2.75) is 50.2 Å². The molecule has 1 aromatic rings. The van der Waals surface area contributed by atoms with Crippen LogP contribution in [0.5, 0.6) is 0 Å². The average molecular weight is 416 g/mol. The second-order valence-corrected chi connectivity index (χ2v) is 8.61. The van der Waals surface area contributed by atoms with Gasteiger partial charge >= 0.3 is 0 Å². The molecule has 1 saturated carbocycles. The summed E-state index contributed by atoms with van der Waals surface area (Å²) in [4.78, 5) is 34.3. The van der Waals surface area contributed by atoms with E-state index in [0.717, 1.165) is 51.4 Å². The van der Waals surface area contributed by atoms with Crippen LogP contribution >= 0.6 is 0 Å². The van der Waals surface area contributed by atoms with Crippen molar-refractivity contribution in [2.75, 3.05) is 45.9 Å². The van der Waals surface area contributed by atoms with Gasteiger partial charge in [-0.25, -0.2) is 0 Å². The van der Waals surface area contributed by atoms with Gasteiger partial charge in [-0.15, -0.1) is 0 Å². The van der Waals surface area contributed by atoms with Gasteiger partial charge in [-0.3, -0.25) is 24.4 Å². The van der Waals surface area contributed by atoms with E-state index >= 15 is 0 Å². The standard InChI is InChI=1S/C22H33N5O3/c28-20(25-17-22(6-2-3-7-22)27-11-13-30-14-12-27)15-19-21(29)24-9-10-26(19)16-18-5-1-4-8-23-18/h1,4-5,8,19H,2-3,6-7,9-17H2,(H,24,29)(H,25,28)/t19-/m1/s1. The first-order valence-corrected chi connectivity index (χ1v) is 11.2. The largest absolute Gasteiger partial charge is 0.379 e. The van der Waals surface area contributed by atoms with E-state index in [1.54, 1.807) is 6.20 Å². The van der Waals surface area contributed by atoms with Crippen LogP contribution in [0.4, 0.5) is 0 Å². The van der Waals surface area contributed by atoms with E-state index in [4.69, 9.17) is 4.74 Å². The molecule has 2 N–H and O–H groups in total. The van der Waals surface area contributed by atoms with Crippen LogP contribution in [0.3, 0.4) is 0 Å². The monoisotopic (exact) mass is 415 g/mol. The van der Waals surface area contributed by atoms with E-state index in [9.17, 15) is 9.59 Å². The Hall–Kier alpha value is -2.03. The van der Waals surface area contributed by atoms with Gasteiger partial charge in [0.05, 0.1) is 31.4 Å². The number of hydrogen-bond donors (Lipinski definition) is 2. The molecule has 0 radical (unpaired) electrons. The van der Waals surface area contributed by atoms with Crippen molar-refractivity contribution in [3.8, 4) is 0 Å². The second-order valence-electron chi connectivity index (χ2n) is 8.61. The molecule has 1 atom stereocenters. The Morgan fingerprint density at radius 1 is 1.23 bits per heavy atom. The molecule has 0 spiro atoms. The molecular formula is C22H33N5O3. The molecule has 1 aromatic heterocycles. The highest BCUT2D eigenvalue weighted by Crippen LogP contribution is 2.35. The zero-order valence-corrected chi connectivity index (χ0v) is 17.6. The lowest BCUT2D eigenvalue weighted by Gasteiger charge is -2.43. The summed E-state index contributed by atoms with van der Waals surface area (Å²) in [5.41, 5.74) is 0.955. The molecule has 164 valence electrons. The fraction of sp³-hybridized carbons (Fsp3) is 0.682. The number of rotatable bonds is 7. The minimum Gasteiger partial charge on any atom is -0.379 e. The number of nitrogens with one attached hydrogen (secondary N) is 2. The number of morpholine rings is 1. The van der Waals surface area contributed by atoms with Crippen LogP contribution in [0, 0.1) is 0 Å². The van der Waals surface area contributed by atoms with Gasteiger partial charge in [0, 0.05) is 51.0 Å². The summed E-state index contributed by atoms with van der Waals surface area (Å²) in [6, 6.07) is 5.32. The van der Waals surface area contributed by atoms with Crippen molar-refractivity contribution in [1.82, 2.24) is 25.4 Å². The summed E-state index contributed by atoms with van der Waals surface area (Å²) >= 11 is 0. The van der Waals surface area contributed by atoms with E-state index in [-0.39, 0.29) is 23.8 Å². The van der Waals surface area contributed by atoms with Crippen LogP contribution in [0.1, 0.15) is 37.8 Å². The number of piperazine rings is 1. The van der Waals surface area contributed by atoms with Gasteiger partial charge in [0.1, 0.15) is 0 Å². The van der Waals surface area contributed by atoms with Gasteiger partial charge in [0.15, 0.2) is 0 Å². The zero-order chi connectivity index (χ0) is 20.8. The van der Waals surface area contributed by atoms with E-state index < -0.39 is 6.04 Å². The Kier molecular flexibility index (Phi) is 6.97. The first-order valence-electron chi connectivity index (χ1n) is 11.2. The first kappa shape index (κ1) is 21.2. The molecule has 2 saturated heterocycles. The summed E-state index contributed by atoms with van der Waals surface area (Å²) in [5, 5.41) is 6.08. The molecular weight excluding hydrogens is 382 g/mol. The van der Waals surface area contributed by atoms with Crippen LogP contribution in [0.15, 0.2) is 24.4 Å². The Labute approximate surface area is 178 Å². The van der Waals surface area contributed by atoms with E-state index in [1.807, 2.05) is 18.2 Å². The number of carbonyl (C=O) groups excluding carboxylic acids is 2. The lowest BCUT2D eigenvalue weighted by atomic mass is 9.94. The highest BCUT2D eigenvalue weighted by molar-refractivity contribution is 5.88. The van der Waals surface area contributed by atoms with Gasteiger partial charge in [0.25, 0.3) is 0 Å². The van der Waals surface area contributed by atoms with E-state index in [1.165, 1.54) is 12.8 Å². The van der Waals surface area contributed by atoms with Gasteiger partial charge in [0.2, 0.25) is 11.8 Å². The van der Waals surface area contributed by atoms with Gasteiger partial charge in [-0.05, 0) is 25.0 Å². The van der Waals surface area contributed by atoms with Crippen LogP contribution in [-0.4, -0.2) is 84.1 Å². The van der Waals surface area contributed by atoms with Crippen molar-refractivity contribution in [2.24, 2.45) is 0 Å². The molecule has 2 amide bonds. The molecule has 0 unspecified atom stereocenters. The quantitative estimate of drug-likeness (QED) is 0.676. The fourth-order valence-corrected chi connectivity index (χ4v) is 5.06. The smallest absolute Gasteiger partial charge is 0.237 e. The minimum atomic E-state index is -0.455. The van der Waals surface area contributed by atoms with Crippen molar-refractivity contribution < 1.29 is 14.3 Å². The Balaban J connectivity index is 1.35. The highest BCUT2D eigenvalue weighted by atomic mass is 16.5. The molecule has 4 rings (SSSR count). The number of nitrogens with zero attached hydrogens (tertiary/aromatic N) is 3. The summed E-state index contributed by atoms with van der Waals surface area (Å²) in [6.45, 7) is 5.94. The normalized spacial score (nSPS) is 25.1. The third-order valence-corrected chi connectivity index (χ3v) is 6.74. The van der Waals surface area contributed by atoms with Crippen LogP contribution in [0.25, 0.3) is 0 Å². The maximum absolute atomic E-state index is 12.9. The number of amides is 2. The van der Waals surface area contributed by atoms with E-state index in [2.05, 4.69) is 25.4 Å². The number of pyridine rings is 1. The van der Waals surface area contributed by atoms with Gasteiger partial charge in [-0.2, -0.15) is 0 Å². The summed E-state index contributed by atoms with van der Waals surface area (Å²) in [7, 11) is 0. The number of ether oxygens (including phenoxy) is 1. The lowest BCUT2D eigenvalue weighted by Crippen LogP contribution is -2.59. The predicted molar refractivity (Wildman–Crippen MR) is 113 cm³/mol. The number of hydrogen-bond acceptors (Lipinski definition) is 6. The Morgan fingerprint density at radius 3 is 2.77 bits per heavy atom. The maximum atomic E-state index is 12.9. The van der Waals surface area contributed by atoms with Crippen LogP contribution in [0.2, 0.25) is 0 Å². The van der Waals surface area contributed by atoms with Crippen molar-refractivity contribution in [3.05, 3.63) is 30.1 Å². The summed E-state index contributed by atoms with van der Waals surface area (Å²) < 4.78 is 5.52. The third kappa shape index (κ3) is 4.99. The molecule has 3 fully saturated rings. The fourth-order valence-electron chi connectivity index (χ4n) is 5.06. The van der Waals surface area contributed by atoms with Crippen molar-refractivity contribution >= 4 is 11.8 Å². The van der Waals surface area contributed by atoms with Crippen LogP contribution < -0.4 is 10.6 Å². The third-order valence-electron chi connectivity index (χ3n) is 6.74. The molecule has 0 bridgehead atoms. The average Bonchev–Trinajstić information content (AvgIpc) is 3.26. The van der Waals surface area contributed by atoms with E-state index in [0.29, 0.717) is 19.6 Å². The summed E-state index contributed by atoms with van der Waals surface area (Å²) in [6.07, 6.45) is 6.57. The molecule has 3 aliphatic rings. The predicted octanol–water partition coefficient (Wildman–Crippen LogP) is 0.533. The van der Waals surface area contributed by atoms with Crippen molar-refractivity contribution in [3.63, 3.8) is 0 Å². The minimum absolute atomic E-state index is 0.0436. The molecule has 2 aliphatic heterocycles. The molecule has 1 aliphatic carbocycles. The SMILES string of the molecule is O=C(C[C@@H]1C(=O)NCCN1Cc1ccccn1)NCC1(N2CCOCC2)CCCC1. The maximum Gasteiger partial charge on any atom is 0.237 e. The second kappa shape index (κ2) is 9.85. The Bertz CT molecular complexity index is 717. The lowest BCUT2D eigenvalue weighted by molar-refractivity contribution is -0.134. The molecule has 0 aromatic carbocycles. The first-order chi connectivity index (χ1) is 14.7. The molecule has 3 heterocycles. The van der Waals surface area contributed by atoms with Gasteiger partial charge in [-0.1, -0.05) is 18.9 Å². The zero-order valence-electron chi connectivity index (χ0n) is 17.6. The van der Waals surface area contributed by atoms with Gasteiger partial charge < -0.3 is 15.4 Å². The number of aromatic nitrogens is 1. The molecule has 30 heavy (non-hydrogen) atoms. The number of carbonyl (C=O) groups is 2. The highest BCUT2D eigenvalue weighted by Gasteiger charge is 2.40. The van der Waals surface area contributed by atoms with Crippen molar-refractivity contribution in [1.29, 1.82) is 0 Å². The van der Waals surface area contributed by atoms with Crippen LogP contribution in [-0.2, 0) is 20.9 Å². The molecule has 8 heteroatoms. The Morgan fingerprint density at radius 2 is 2.03 bits per heavy atom. The molecule has 8 nitrogen and oxygen atoms in total. The summed E-state index contributed by atoms with van der Waals surface area (Å²) in [5.74, 6) is -0.126.